The zero-order valence-electron chi connectivity index (χ0n) is 18.1. The highest BCUT2D eigenvalue weighted by Crippen LogP contribution is 2.33. The molecule has 4 aromatic rings. The van der Waals surface area contributed by atoms with Crippen LogP contribution in [0.1, 0.15) is 38.3 Å². The predicted molar refractivity (Wildman–Crippen MR) is 131 cm³/mol. The summed E-state index contributed by atoms with van der Waals surface area (Å²) in [6.07, 6.45) is 2.55. The third-order valence-electron chi connectivity index (χ3n) is 5.79. The number of nitrogens with one attached hydrogen (secondary N) is 2. The molecule has 33 heavy (non-hydrogen) atoms. The lowest BCUT2D eigenvalue weighted by Crippen LogP contribution is -2.29. The molecule has 2 N–H and O–H groups in total. The van der Waals surface area contributed by atoms with E-state index in [9.17, 15) is 9.59 Å². The number of rotatable bonds is 6. The first-order valence-electron chi connectivity index (χ1n) is 10.8. The van der Waals surface area contributed by atoms with Gasteiger partial charge in [-0.25, -0.2) is 0 Å². The zero-order chi connectivity index (χ0) is 22.8. The van der Waals surface area contributed by atoms with Gasteiger partial charge in [0, 0.05) is 35.2 Å². The zero-order valence-corrected chi connectivity index (χ0v) is 18.9. The third kappa shape index (κ3) is 4.40. The summed E-state index contributed by atoms with van der Waals surface area (Å²) in [5.41, 5.74) is 4.66. The van der Waals surface area contributed by atoms with Gasteiger partial charge in [-0.15, -0.1) is 11.3 Å². The van der Waals surface area contributed by atoms with Crippen LogP contribution < -0.4 is 15.5 Å². The molecule has 6 nitrogen and oxygen atoms in total. The molecule has 5 rings (SSSR count). The molecule has 166 valence electrons. The molecule has 0 aliphatic carbocycles. The Kier molecular flexibility index (Phi) is 5.71. The maximum atomic E-state index is 12.9. The quantitative estimate of drug-likeness (QED) is 0.384. The molecular formula is C26H23N3O3S. The minimum Gasteiger partial charge on any atom is -0.459 e. The summed E-state index contributed by atoms with van der Waals surface area (Å²) in [6, 6.07) is 21.2. The maximum Gasteiger partial charge on any atom is 0.291 e. The minimum atomic E-state index is -0.300. The van der Waals surface area contributed by atoms with Crippen molar-refractivity contribution in [3.05, 3.63) is 100 Å². The molecule has 0 spiro atoms. The van der Waals surface area contributed by atoms with Crippen molar-refractivity contribution in [2.24, 2.45) is 0 Å². The molecule has 7 heteroatoms. The average Bonchev–Trinajstić information content (AvgIpc) is 3.56. The highest BCUT2D eigenvalue weighted by molar-refractivity contribution is 7.12. The monoisotopic (exact) mass is 457 g/mol. The first kappa shape index (κ1) is 21.0. The summed E-state index contributed by atoms with van der Waals surface area (Å²) < 4.78 is 5.56. The van der Waals surface area contributed by atoms with Crippen LogP contribution in [0, 0.1) is 0 Å². The number of amides is 2. The minimum absolute atomic E-state index is 0.153. The van der Waals surface area contributed by atoms with Crippen LogP contribution in [-0.4, -0.2) is 17.9 Å². The van der Waals surface area contributed by atoms with Crippen molar-refractivity contribution in [3.8, 4) is 0 Å². The topological polar surface area (TPSA) is 74.6 Å². The lowest BCUT2D eigenvalue weighted by molar-refractivity contribution is 0.0993. The molecular weight excluding hydrogens is 434 g/mol. The number of furan rings is 1. The highest BCUT2D eigenvalue weighted by atomic mass is 32.1. The van der Waals surface area contributed by atoms with Crippen LogP contribution in [-0.2, 0) is 13.0 Å². The second kappa shape index (κ2) is 8.96. The second-order valence-electron chi connectivity index (χ2n) is 8.05. The maximum absolute atomic E-state index is 12.9. The van der Waals surface area contributed by atoms with Crippen molar-refractivity contribution in [1.82, 2.24) is 0 Å². The number of thiophene rings is 1. The van der Waals surface area contributed by atoms with Crippen LogP contribution in [0.5, 0.6) is 0 Å². The molecule has 1 aliphatic rings. The molecule has 0 bridgehead atoms. The van der Waals surface area contributed by atoms with Gasteiger partial charge in [-0.2, -0.15) is 0 Å². The van der Waals surface area contributed by atoms with Crippen LogP contribution in [0.2, 0.25) is 0 Å². The Hall–Kier alpha value is -3.84. The van der Waals surface area contributed by atoms with Crippen LogP contribution in [0.15, 0.2) is 82.8 Å². The van der Waals surface area contributed by atoms with E-state index in [1.807, 2.05) is 23.6 Å². The molecule has 0 saturated carbocycles. The molecule has 1 unspecified atom stereocenters. The van der Waals surface area contributed by atoms with Crippen LogP contribution in [0.3, 0.4) is 0 Å². The van der Waals surface area contributed by atoms with E-state index in [0.717, 1.165) is 12.0 Å². The van der Waals surface area contributed by atoms with Gasteiger partial charge in [-0.1, -0.05) is 24.3 Å². The number of hydrogen-bond acceptors (Lipinski definition) is 5. The first-order valence-corrected chi connectivity index (χ1v) is 11.6. The second-order valence-corrected chi connectivity index (χ2v) is 9.00. The largest absolute Gasteiger partial charge is 0.459 e. The molecule has 0 radical (unpaired) electrons. The van der Waals surface area contributed by atoms with Gasteiger partial charge >= 0.3 is 0 Å². The number of nitrogens with zero attached hydrogens (tertiary/aromatic N) is 1. The molecule has 1 atom stereocenters. The molecule has 2 aromatic heterocycles. The summed E-state index contributed by atoms with van der Waals surface area (Å²) in [7, 11) is 0. The summed E-state index contributed by atoms with van der Waals surface area (Å²) in [5, 5.41) is 7.60. The van der Waals surface area contributed by atoms with Crippen LogP contribution >= 0.6 is 11.3 Å². The Bertz CT molecular complexity index is 1280. The van der Waals surface area contributed by atoms with Crippen molar-refractivity contribution < 1.29 is 14.0 Å². The molecule has 3 heterocycles. The summed E-state index contributed by atoms with van der Waals surface area (Å²) in [4.78, 5) is 28.1. The van der Waals surface area contributed by atoms with E-state index in [0.29, 0.717) is 34.6 Å². The van der Waals surface area contributed by atoms with E-state index in [2.05, 4.69) is 40.7 Å². The van der Waals surface area contributed by atoms with Gasteiger partial charge in [0.2, 0.25) is 0 Å². The molecule has 0 saturated heterocycles. The van der Waals surface area contributed by atoms with Gasteiger partial charge in [0.15, 0.2) is 5.76 Å². The van der Waals surface area contributed by atoms with E-state index in [-0.39, 0.29) is 11.8 Å². The van der Waals surface area contributed by atoms with Gasteiger partial charge in [0.1, 0.15) is 0 Å². The number of carbonyl (C=O) groups is 2. The lowest BCUT2D eigenvalue weighted by atomic mass is 10.1. The SMILES string of the molecule is CC1Cc2ccccc2N1Cc1ccoc1C(=O)Nc1ccc(NC(=O)c2cccs2)cc1. The standard InChI is InChI=1S/C26H23N3O3S/c1-17-15-18-5-2-3-6-22(18)29(17)16-19-12-13-32-24(19)26(31)28-21-10-8-20(9-11-21)27-25(30)23-7-4-14-33-23/h2-14,17H,15-16H2,1H3,(H,27,30)(H,28,31). The highest BCUT2D eigenvalue weighted by Gasteiger charge is 2.27. The number of carbonyl (C=O) groups excluding carboxylic acids is 2. The van der Waals surface area contributed by atoms with E-state index in [1.54, 1.807) is 36.6 Å². The van der Waals surface area contributed by atoms with Crippen molar-refractivity contribution >= 4 is 40.2 Å². The molecule has 2 aromatic carbocycles. The normalized spacial score (nSPS) is 14.7. The fourth-order valence-electron chi connectivity index (χ4n) is 4.14. The van der Waals surface area contributed by atoms with Gasteiger partial charge < -0.3 is 20.0 Å². The number of benzene rings is 2. The number of anilines is 3. The van der Waals surface area contributed by atoms with Gasteiger partial charge in [0.25, 0.3) is 11.8 Å². The number of fused-ring (bicyclic) bond motifs is 1. The van der Waals surface area contributed by atoms with E-state index in [4.69, 9.17) is 4.42 Å². The Labute approximate surface area is 195 Å². The van der Waals surface area contributed by atoms with Crippen molar-refractivity contribution in [1.29, 1.82) is 0 Å². The Morgan fingerprint density at radius 3 is 2.42 bits per heavy atom. The van der Waals surface area contributed by atoms with E-state index in [1.165, 1.54) is 22.6 Å². The summed E-state index contributed by atoms with van der Waals surface area (Å²) >= 11 is 1.39. The fourth-order valence-corrected chi connectivity index (χ4v) is 4.76. The molecule has 0 fully saturated rings. The smallest absolute Gasteiger partial charge is 0.291 e. The predicted octanol–water partition coefficient (Wildman–Crippen LogP) is 5.80. The third-order valence-corrected chi connectivity index (χ3v) is 6.66. The van der Waals surface area contributed by atoms with E-state index < -0.39 is 0 Å². The van der Waals surface area contributed by atoms with Gasteiger partial charge in [-0.3, -0.25) is 9.59 Å². The van der Waals surface area contributed by atoms with Gasteiger partial charge in [0.05, 0.1) is 11.1 Å². The van der Waals surface area contributed by atoms with Crippen molar-refractivity contribution in [3.63, 3.8) is 0 Å². The van der Waals surface area contributed by atoms with Crippen molar-refractivity contribution in [2.45, 2.75) is 25.9 Å². The first-order chi connectivity index (χ1) is 16.1. The Morgan fingerprint density at radius 1 is 0.970 bits per heavy atom. The molecule has 1 aliphatic heterocycles. The number of hydrogen-bond donors (Lipinski definition) is 2. The summed E-state index contributed by atoms with van der Waals surface area (Å²) in [6.45, 7) is 2.80. The van der Waals surface area contributed by atoms with E-state index >= 15 is 0 Å². The van der Waals surface area contributed by atoms with Crippen LogP contribution in [0.25, 0.3) is 0 Å². The average molecular weight is 458 g/mol. The Balaban J connectivity index is 1.25. The fraction of sp³-hybridized carbons (Fsp3) is 0.154. The number of para-hydroxylation sites is 1. The Morgan fingerprint density at radius 2 is 1.70 bits per heavy atom. The molecule has 2 amide bonds. The van der Waals surface area contributed by atoms with Crippen molar-refractivity contribution in [2.75, 3.05) is 15.5 Å². The summed E-state index contributed by atoms with van der Waals surface area (Å²) in [5.74, 6) is -0.146. The van der Waals surface area contributed by atoms with Crippen LogP contribution in [0.4, 0.5) is 17.1 Å². The van der Waals surface area contributed by atoms with Gasteiger partial charge in [-0.05, 0) is 66.8 Å². The lowest BCUT2D eigenvalue weighted by Gasteiger charge is -2.24.